The van der Waals surface area contributed by atoms with Crippen molar-refractivity contribution < 1.29 is 9.72 Å². The summed E-state index contributed by atoms with van der Waals surface area (Å²) in [6.45, 7) is 2.01. The first-order chi connectivity index (χ1) is 8.40. The van der Waals surface area contributed by atoms with E-state index in [1.54, 1.807) is 0 Å². The number of nitro benzene ring substituents is 1. The van der Waals surface area contributed by atoms with Crippen LogP contribution < -0.4 is 5.32 Å². The second-order valence-electron chi connectivity index (χ2n) is 4.34. The topological polar surface area (TPSA) is 72.2 Å². The normalized spacial score (nSPS) is 21.5. The Labute approximate surface area is 113 Å². The van der Waals surface area contributed by atoms with Crippen LogP contribution in [0.5, 0.6) is 0 Å². The van der Waals surface area contributed by atoms with Gasteiger partial charge < -0.3 is 5.32 Å². The van der Waals surface area contributed by atoms with Crippen LogP contribution in [0.4, 0.5) is 5.69 Å². The molecule has 5 nitrogen and oxygen atoms in total. The van der Waals surface area contributed by atoms with Gasteiger partial charge in [0.05, 0.1) is 20.5 Å². The molecule has 2 unspecified atom stereocenters. The van der Waals surface area contributed by atoms with Gasteiger partial charge >= 0.3 is 0 Å². The van der Waals surface area contributed by atoms with E-state index in [1.807, 2.05) is 6.92 Å². The van der Waals surface area contributed by atoms with E-state index in [4.69, 9.17) is 23.2 Å². The summed E-state index contributed by atoms with van der Waals surface area (Å²) in [5.41, 5.74) is -0.214. The average Bonchev–Trinajstić information content (AvgIpc) is 2.97. The number of rotatable bonds is 3. The van der Waals surface area contributed by atoms with E-state index in [1.165, 1.54) is 0 Å². The van der Waals surface area contributed by atoms with Crippen LogP contribution in [0.2, 0.25) is 10.0 Å². The molecule has 1 aromatic rings. The van der Waals surface area contributed by atoms with Crippen molar-refractivity contribution in [1.82, 2.24) is 5.32 Å². The molecule has 1 aromatic carbocycles. The molecule has 0 aromatic heterocycles. The highest BCUT2D eigenvalue weighted by Crippen LogP contribution is 2.33. The Bertz CT molecular complexity index is 533. The van der Waals surface area contributed by atoms with Crippen molar-refractivity contribution in [2.45, 2.75) is 19.4 Å². The number of halogens is 2. The minimum atomic E-state index is -0.612. The van der Waals surface area contributed by atoms with Crippen LogP contribution in [0.25, 0.3) is 0 Å². The van der Waals surface area contributed by atoms with Gasteiger partial charge in [0.2, 0.25) is 0 Å². The fraction of sp³-hybridized carbons (Fsp3) is 0.364. The summed E-state index contributed by atoms with van der Waals surface area (Å²) in [5, 5.41) is 13.5. The molecule has 0 heterocycles. The highest BCUT2D eigenvalue weighted by molar-refractivity contribution is 6.44. The van der Waals surface area contributed by atoms with E-state index in [9.17, 15) is 14.9 Å². The van der Waals surface area contributed by atoms with Crippen LogP contribution in [0.3, 0.4) is 0 Å². The second kappa shape index (κ2) is 4.74. The zero-order chi connectivity index (χ0) is 13.4. The molecular weight excluding hydrogens is 279 g/mol. The molecule has 0 spiro atoms. The number of hydrogen-bond donors (Lipinski definition) is 1. The Kier molecular flexibility index (Phi) is 3.45. The van der Waals surface area contributed by atoms with Crippen molar-refractivity contribution in [3.8, 4) is 0 Å². The molecule has 2 rings (SSSR count). The number of non-ortho nitro benzene ring substituents is 1. The van der Waals surface area contributed by atoms with E-state index in [0.717, 1.165) is 18.6 Å². The molecule has 18 heavy (non-hydrogen) atoms. The van der Waals surface area contributed by atoms with Crippen molar-refractivity contribution >= 4 is 34.8 Å². The lowest BCUT2D eigenvalue weighted by molar-refractivity contribution is -0.384. The predicted octanol–water partition coefficient (Wildman–Crippen LogP) is 3.04. The number of carbonyl (C=O) groups excluding carboxylic acids is 1. The fourth-order valence-corrected chi connectivity index (χ4v) is 2.02. The largest absolute Gasteiger partial charge is 0.349 e. The lowest BCUT2D eigenvalue weighted by Gasteiger charge is -2.07. The maximum Gasteiger partial charge on any atom is 0.271 e. The van der Waals surface area contributed by atoms with Gasteiger partial charge in [-0.05, 0) is 12.3 Å². The summed E-state index contributed by atoms with van der Waals surface area (Å²) in [4.78, 5) is 22.0. The summed E-state index contributed by atoms with van der Waals surface area (Å²) in [6.07, 6.45) is 0.909. The number of nitro groups is 1. The molecule has 0 bridgehead atoms. The summed E-state index contributed by atoms with van der Waals surface area (Å²) in [5.74, 6) is 0.00171. The van der Waals surface area contributed by atoms with E-state index < -0.39 is 10.8 Å². The Morgan fingerprint density at radius 3 is 2.61 bits per heavy atom. The summed E-state index contributed by atoms with van der Waals surface area (Å²) >= 11 is 11.7. The first kappa shape index (κ1) is 13.1. The third kappa shape index (κ3) is 2.57. The molecule has 1 saturated carbocycles. The van der Waals surface area contributed by atoms with Crippen molar-refractivity contribution in [2.24, 2.45) is 5.92 Å². The first-order valence-corrected chi connectivity index (χ1v) is 6.10. The Balaban J connectivity index is 2.30. The number of nitrogens with one attached hydrogen (secondary N) is 1. The smallest absolute Gasteiger partial charge is 0.271 e. The van der Waals surface area contributed by atoms with Gasteiger partial charge in [0.15, 0.2) is 0 Å². The fourth-order valence-electron chi connectivity index (χ4n) is 1.61. The van der Waals surface area contributed by atoms with Gasteiger partial charge in [-0.3, -0.25) is 14.9 Å². The molecule has 96 valence electrons. The van der Waals surface area contributed by atoms with E-state index >= 15 is 0 Å². The van der Waals surface area contributed by atoms with Crippen molar-refractivity contribution in [2.75, 3.05) is 0 Å². The second-order valence-corrected chi connectivity index (χ2v) is 5.12. The third-order valence-corrected chi connectivity index (χ3v) is 3.70. The third-order valence-electron chi connectivity index (χ3n) is 2.89. The van der Waals surface area contributed by atoms with Crippen LogP contribution >= 0.6 is 23.2 Å². The molecule has 0 aliphatic heterocycles. The van der Waals surface area contributed by atoms with Gasteiger partial charge in [-0.2, -0.15) is 0 Å². The van der Waals surface area contributed by atoms with Crippen LogP contribution in [-0.2, 0) is 0 Å². The van der Waals surface area contributed by atoms with Crippen LogP contribution in [0, 0.1) is 16.0 Å². The van der Waals surface area contributed by atoms with Crippen LogP contribution in [-0.4, -0.2) is 16.9 Å². The molecule has 1 amide bonds. The van der Waals surface area contributed by atoms with Gasteiger partial charge in [-0.1, -0.05) is 30.1 Å². The lowest BCUT2D eigenvalue weighted by atomic mass is 10.2. The number of amides is 1. The summed E-state index contributed by atoms with van der Waals surface area (Å²) in [7, 11) is 0. The molecular formula is C11H10Cl2N2O3. The average molecular weight is 289 g/mol. The molecule has 0 radical (unpaired) electrons. The van der Waals surface area contributed by atoms with E-state index in [2.05, 4.69) is 5.32 Å². The molecule has 1 aliphatic carbocycles. The summed E-state index contributed by atoms with van der Waals surface area (Å²) < 4.78 is 0. The van der Waals surface area contributed by atoms with Crippen molar-refractivity contribution in [1.29, 1.82) is 0 Å². The molecule has 1 fully saturated rings. The molecule has 1 aliphatic rings. The van der Waals surface area contributed by atoms with Crippen molar-refractivity contribution in [3.63, 3.8) is 0 Å². The standard InChI is InChI=1S/C11H10Cl2N2O3/c1-5-2-9(5)14-11(16)7-3-6(15(17)18)4-8(12)10(7)13/h3-5,9H,2H2,1H3,(H,14,16). The Morgan fingerprint density at radius 2 is 2.11 bits per heavy atom. The quantitative estimate of drug-likeness (QED) is 0.686. The molecule has 7 heteroatoms. The number of nitrogens with zero attached hydrogens (tertiary/aromatic N) is 1. The zero-order valence-electron chi connectivity index (χ0n) is 9.44. The van der Waals surface area contributed by atoms with Crippen LogP contribution in [0.15, 0.2) is 12.1 Å². The molecule has 0 saturated heterocycles. The SMILES string of the molecule is CC1CC1NC(=O)c1cc([N+](=O)[O-])cc(Cl)c1Cl. The summed E-state index contributed by atoms with van der Waals surface area (Å²) in [6, 6.07) is 2.38. The van der Waals surface area contributed by atoms with Crippen molar-refractivity contribution in [3.05, 3.63) is 37.9 Å². The van der Waals surface area contributed by atoms with E-state index in [0.29, 0.717) is 5.92 Å². The number of hydrogen-bond acceptors (Lipinski definition) is 3. The number of carbonyl (C=O) groups is 1. The maximum absolute atomic E-state index is 11.9. The van der Waals surface area contributed by atoms with Gasteiger partial charge in [-0.25, -0.2) is 0 Å². The molecule has 2 atom stereocenters. The lowest BCUT2D eigenvalue weighted by Crippen LogP contribution is -2.26. The highest BCUT2D eigenvalue weighted by Gasteiger charge is 2.34. The minimum Gasteiger partial charge on any atom is -0.349 e. The Hall–Kier alpha value is -1.33. The first-order valence-electron chi connectivity index (χ1n) is 5.34. The highest BCUT2D eigenvalue weighted by atomic mass is 35.5. The van der Waals surface area contributed by atoms with Gasteiger partial charge in [0.25, 0.3) is 11.6 Å². The van der Waals surface area contributed by atoms with Crippen LogP contribution in [0.1, 0.15) is 23.7 Å². The Morgan fingerprint density at radius 1 is 1.50 bits per heavy atom. The number of benzene rings is 1. The minimum absolute atomic E-state index is 0.000128. The van der Waals surface area contributed by atoms with E-state index in [-0.39, 0.29) is 27.3 Å². The zero-order valence-corrected chi connectivity index (χ0v) is 11.0. The van der Waals surface area contributed by atoms with Gasteiger partial charge in [0, 0.05) is 18.2 Å². The monoisotopic (exact) mass is 288 g/mol. The predicted molar refractivity (Wildman–Crippen MR) is 68.2 cm³/mol. The van der Waals surface area contributed by atoms with Gasteiger partial charge in [-0.15, -0.1) is 0 Å². The maximum atomic E-state index is 11.9. The van der Waals surface area contributed by atoms with Gasteiger partial charge in [0.1, 0.15) is 0 Å². The molecule has 1 N–H and O–H groups in total.